The van der Waals surface area contributed by atoms with Crippen LogP contribution in [-0.4, -0.2) is 24.5 Å². The fourth-order valence-electron chi connectivity index (χ4n) is 2.62. The maximum atomic E-state index is 12.5. The molecular formula is C19H12ClN3O3S2. The average Bonchev–Trinajstić information content (AvgIpc) is 3.00. The van der Waals surface area contributed by atoms with E-state index in [1.807, 2.05) is 30.3 Å². The molecule has 28 heavy (non-hydrogen) atoms. The zero-order chi connectivity index (χ0) is 19.7. The summed E-state index contributed by atoms with van der Waals surface area (Å²) >= 11 is 6.91. The molecule has 0 spiro atoms. The summed E-state index contributed by atoms with van der Waals surface area (Å²) in [6.45, 7) is 0. The predicted molar refractivity (Wildman–Crippen MR) is 112 cm³/mol. The van der Waals surface area contributed by atoms with Gasteiger partial charge in [0.05, 0.1) is 15.4 Å². The number of carbonyl (C=O) groups excluding carboxylic acids is 1. The van der Waals surface area contributed by atoms with Crippen molar-refractivity contribution >= 4 is 61.4 Å². The Balaban J connectivity index is 1.64. The molecule has 2 heterocycles. The van der Waals surface area contributed by atoms with Gasteiger partial charge in [-0.2, -0.15) is 8.42 Å². The number of nitrogens with one attached hydrogen (secondary N) is 1. The SMILES string of the molecule is O=C1NC(=NS(=O)(=O)c2ccccc2Cl)SC1=Cc1ccc2ncccc2c1. The van der Waals surface area contributed by atoms with Crippen LogP contribution >= 0.6 is 23.4 Å². The van der Waals surface area contributed by atoms with Gasteiger partial charge in [-0.05, 0) is 53.7 Å². The van der Waals surface area contributed by atoms with Crippen molar-refractivity contribution in [3.8, 4) is 0 Å². The van der Waals surface area contributed by atoms with Gasteiger partial charge in [0, 0.05) is 11.6 Å². The Morgan fingerprint density at radius 2 is 1.93 bits per heavy atom. The molecule has 0 aliphatic carbocycles. The molecule has 0 bridgehead atoms. The van der Waals surface area contributed by atoms with Crippen molar-refractivity contribution in [2.24, 2.45) is 4.40 Å². The molecule has 1 aliphatic rings. The van der Waals surface area contributed by atoms with Crippen molar-refractivity contribution in [2.75, 3.05) is 0 Å². The lowest BCUT2D eigenvalue weighted by molar-refractivity contribution is -0.115. The van der Waals surface area contributed by atoms with Crippen LogP contribution in [0, 0.1) is 0 Å². The number of sulfonamides is 1. The van der Waals surface area contributed by atoms with Crippen LogP contribution in [0.2, 0.25) is 5.02 Å². The standard InChI is InChI=1S/C19H12ClN3O3S2/c20-14-5-1-2-6-17(14)28(25,26)23-19-22-18(24)16(27-19)11-12-7-8-15-13(10-12)4-3-9-21-15/h1-11H,(H,22,23,24). The van der Waals surface area contributed by atoms with E-state index >= 15 is 0 Å². The number of amides is 1. The third kappa shape index (κ3) is 3.80. The zero-order valence-electron chi connectivity index (χ0n) is 14.2. The van der Waals surface area contributed by atoms with Crippen LogP contribution in [0.15, 0.2) is 75.0 Å². The number of rotatable bonds is 3. The molecule has 1 saturated heterocycles. The van der Waals surface area contributed by atoms with E-state index in [-0.39, 0.29) is 15.1 Å². The fourth-order valence-corrected chi connectivity index (χ4v) is 5.11. The number of pyridine rings is 1. The Morgan fingerprint density at radius 3 is 2.75 bits per heavy atom. The van der Waals surface area contributed by atoms with Crippen LogP contribution < -0.4 is 5.32 Å². The van der Waals surface area contributed by atoms with Crippen molar-refractivity contribution in [3.63, 3.8) is 0 Å². The summed E-state index contributed by atoms with van der Waals surface area (Å²) in [5.41, 5.74) is 1.65. The molecule has 4 rings (SSSR count). The minimum absolute atomic E-state index is 0.0152. The van der Waals surface area contributed by atoms with Crippen LogP contribution in [0.4, 0.5) is 0 Å². The van der Waals surface area contributed by atoms with E-state index in [0.29, 0.717) is 4.91 Å². The van der Waals surface area contributed by atoms with Gasteiger partial charge < -0.3 is 0 Å². The highest BCUT2D eigenvalue weighted by atomic mass is 35.5. The lowest BCUT2D eigenvalue weighted by atomic mass is 10.1. The van der Waals surface area contributed by atoms with Crippen molar-refractivity contribution in [1.82, 2.24) is 10.3 Å². The first-order valence-electron chi connectivity index (χ1n) is 8.07. The average molecular weight is 430 g/mol. The second kappa shape index (κ2) is 7.38. The summed E-state index contributed by atoms with van der Waals surface area (Å²) in [6.07, 6.45) is 3.39. The van der Waals surface area contributed by atoms with Gasteiger partial charge in [0.25, 0.3) is 15.9 Å². The van der Waals surface area contributed by atoms with Crippen LogP contribution in [-0.2, 0) is 14.8 Å². The lowest BCUT2D eigenvalue weighted by Crippen LogP contribution is -2.20. The molecule has 2 aromatic carbocycles. The van der Waals surface area contributed by atoms with Gasteiger partial charge in [-0.1, -0.05) is 35.9 Å². The van der Waals surface area contributed by atoms with Crippen LogP contribution in [0.3, 0.4) is 0 Å². The third-order valence-corrected chi connectivity index (χ3v) is 6.70. The number of hydrogen-bond donors (Lipinski definition) is 1. The number of nitrogens with zero attached hydrogens (tertiary/aromatic N) is 2. The number of hydrogen-bond acceptors (Lipinski definition) is 5. The number of halogens is 1. The maximum absolute atomic E-state index is 12.5. The van der Waals surface area contributed by atoms with E-state index in [4.69, 9.17) is 11.6 Å². The van der Waals surface area contributed by atoms with Crippen molar-refractivity contribution in [3.05, 3.63) is 76.3 Å². The van der Waals surface area contributed by atoms with Gasteiger partial charge in [0.2, 0.25) is 0 Å². The van der Waals surface area contributed by atoms with Crippen molar-refractivity contribution < 1.29 is 13.2 Å². The maximum Gasteiger partial charge on any atom is 0.286 e. The normalized spacial score (nSPS) is 17.4. The topological polar surface area (TPSA) is 88.5 Å². The number of fused-ring (bicyclic) bond motifs is 1. The first-order chi connectivity index (χ1) is 13.4. The highest BCUT2D eigenvalue weighted by Crippen LogP contribution is 2.29. The molecular weight excluding hydrogens is 418 g/mol. The molecule has 1 aliphatic heterocycles. The van der Waals surface area contributed by atoms with Gasteiger partial charge in [-0.3, -0.25) is 15.1 Å². The Hall–Kier alpha value is -2.68. The molecule has 9 heteroatoms. The van der Waals surface area contributed by atoms with Crippen LogP contribution in [0.25, 0.3) is 17.0 Å². The van der Waals surface area contributed by atoms with Crippen LogP contribution in [0.5, 0.6) is 0 Å². The van der Waals surface area contributed by atoms with Crippen LogP contribution in [0.1, 0.15) is 5.56 Å². The number of aromatic nitrogens is 1. The molecule has 0 unspecified atom stereocenters. The van der Waals surface area contributed by atoms with Gasteiger partial charge in [-0.25, -0.2) is 0 Å². The smallest absolute Gasteiger partial charge is 0.286 e. The lowest BCUT2D eigenvalue weighted by Gasteiger charge is -2.01. The van der Waals surface area contributed by atoms with E-state index in [0.717, 1.165) is 28.2 Å². The van der Waals surface area contributed by atoms with Crippen molar-refractivity contribution in [2.45, 2.75) is 4.90 Å². The molecule has 6 nitrogen and oxygen atoms in total. The highest BCUT2D eigenvalue weighted by Gasteiger charge is 2.27. The molecule has 1 aromatic heterocycles. The van der Waals surface area contributed by atoms with Gasteiger partial charge in [0.15, 0.2) is 5.17 Å². The number of benzene rings is 2. The number of thioether (sulfide) groups is 1. The second-order valence-corrected chi connectivity index (χ2v) is 8.83. The Morgan fingerprint density at radius 1 is 1.11 bits per heavy atom. The molecule has 1 amide bonds. The summed E-state index contributed by atoms with van der Waals surface area (Å²) in [6, 6.07) is 15.4. The van der Waals surface area contributed by atoms with E-state index in [2.05, 4.69) is 14.7 Å². The van der Waals surface area contributed by atoms with Gasteiger partial charge in [-0.15, -0.1) is 4.40 Å². The van der Waals surface area contributed by atoms with E-state index in [9.17, 15) is 13.2 Å². The second-order valence-electron chi connectivity index (χ2n) is 5.82. The summed E-state index contributed by atoms with van der Waals surface area (Å²) in [5, 5.41) is 3.47. The van der Waals surface area contributed by atoms with Gasteiger partial charge >= 0.3 is 0 Å². The van der Waals surface area contributed by atoms with E-state index in [1.54, 1.807) is 24.4 Å². The molecule has 3 aromatic rings. The largest absolute Gasteiger partial charge is 0.300 e. The number of carbonyl (C=O) groups is 1. The molecule has 1 N–H and O–H groups in total. The van der Waals surface area contributed by atoms with Crippen molar-refractivity contribution in [1.29, 1.82) is 0 Å². The minimum atomic E-state index is -4.04. The summed E-state index contributed by atoms with van der Waals surface area (Å²) < 4.78 is 28.6. The molecule has 0 saturated carbocycles. The molecule has 0 atom stereocenters. The van der Waals surface area contributed by atoms with E-state index in [1.165, 1.54) is 12.1 Å². The quantitative estimate of drug-likeness (QED) is 0.639. The molecule has 140 valence electrons. The molecule has 1 fully saturated rings. The predicted octanol–water partition coefficient (Wildman–Crippen LogP) is 3.84. The van der Waals surface area contributed by atoms with Gasteiger partial charge in [0.1, 0.15) is 4.90 Å². The Kier molecular flexibility index (Phi) is 4.92. The minimum Gasteiger partial charge on any atom is -0.300 e. The first-order valence-corrected chi connectivity index (χ1v) is 10.7. The Bertz CT molecular complexity index is 1270. The summed E-state index contributed by atoms with van der Waals surface area (Å²) in [7, 11) is -4.04. The monoisotopic (exact) mass is 429 g/mol. The molecule has 0 radical (unpaired) electrons. The van der Waals surface area contributed by atoms with E-state index < -0.39 is 15.9 Å². The summed E-state index contributed by atoms with van der Waals surface area (Å²) in [4.78, 5) is 16.7. The zero-order valence-corrected chi connectivity index (χ0v) is 16.6. The highest BCUT2D eigenvalue weighted by molar-refractivity contribution is 8.19. The summed E-state index contributed by atoms with van der Waals surface area (Å²) in [5.74, 6) is -0.413. The fraction of sp³-hybridized carbons (Fsp3) is 0. The number of amidine groups is 1. The third-order valence-electron chi connectivity index (χ3n) is 3.89. The Labute approximate surface area is 170 Å². The first kappa shape index (κ1) is 18.7.